The molecule has 1 heterocycles. The van der Waals surface area contributed by atoms with E-state index in [0.717, 1.165) is 25.8 Å². The van der Waals surface area contributed by atoms with Crippen LogP contribution in [0.15, 0.2) is 0 Å². The Kier molecular flexibility index (Phi) is 7.50. The first-order valence-electron chi connectivity index (χ1n) is 7.92. The molecule has 122 valence electrons. The molecule has 2 atom stereocenters. The molecule has 6 nitrogen and oxygen atoms in total. The van der Waals surface area contributed by atoms with Gasteiger partial charge in [0.05, 0.1) is 6.54 Å². The van der Waals surface area contributed by atoms with Crippen molar-refractivity contribution >= 4 is 12.0 Å². The van der Waals surface area contributed by atoms with Crippen molar-refractivity contribution in [3.8, 4) is 0 Å². The van der Waals surface area contributed by atoms with Crippen LogP contribution < -0.4 is 5.32 Å². The number of carboxylic acid groups (broad SMARTS) is 1. The highest BCUT2D eigenvalue weighted by Gasteiger charge is 2.21. The Balaban J connectivity index is 2.39. The Bertz CT molecular complexity index is 349. The van der Waals surface area contributed by atoms with Crippen LogP contribution in [0.1, 0.15) is 40.0 Å². The minimum atomic E-state index is -0.810. The molecular formula is C15H29N3O3. The van der Waals surface area contributed by atoms with Gasteiger partial charge in [0.15, 0.2) is 0 Å². The number of carboxylic acids is 1. The number of hydrogen-bond donors (Lipinski definition) is 2. The van der Waals surface area contributed by atoms with Gasteiger partial charge in [-0.3, -0.25) is 9.69 Å². The second-order valence-electron chi connectivity index (χ2n) is 6.11. The molecular weight excluding hydrogens is 270 g/mol. The highest BCUT2D eigenvalue weighted by Crippen LogP contribution is 2.10. The van der Waals surface area contributed by atoms with E-state index in [-0.39, 0.29) is 18.6 Å². The summed E-state index contributed by atoms with van der Waals surface area (Å²) in [4.78, 5) is 26.7. The number of hydrogen-bond acceptors (Lipinski definition) is 3. The normalized spacial score (nSPS) is 19.7. The molecule has 0 saturated carbocycles. The Labute approximate surface area is 127 Å². The molecule has 0 spiro atoms. The summed E-state index contributed by atoms with van der Waals surface area (Å²) in [5.74, 6) is -0.203. The molecule has 0 aromatic rings. The Hall–Kier alpha value is -1.30. The smallest absolute Gasteiger partial charge is 0.317 e. The van der Waals surface area contributed by atoms with Gasteiger partial charge < -0.3 is 15.3 Å². The van der Waals surface area contributed by atoms with Crippen LogP contribution in [-0.2, 0) is 4.79 Å². The summed E-state index contributed by atoms with van der Waals surface area (Å²) in [6.07, 6.45) is 2.93. The third kappa shape index (κ3) is 6.80. The van der Waals surface area contributed by atoms with Crippen molar-refractivity contribution in [2.75, 3.05) is 32.7 Å². The largest absolute Gasteiger partial charge is 0.480 e. The summed E-state index contributed by atoms with van der Waals surface area (Å²) < 4.78 is 0. The van der Waals surface area contributed by atoms with E-state index in [0.29, 0.717) is 25.6 Å². The average Bonchev–Trinajstić information content (AvgIpc) is 2.63. The van der Waals surface area contributed by atoms with Crippen molar-refractivity contribution in [1.29, 1.82) is 0 Å². The van der Waals surface area contributed by atoms with E-state index in [2.05, 4.69) is 19.2 Å². The maximum absolute atomic E-state index is 12.2. The molecule has 2 amide bonds. The topological polar surface area (TPSA) is 72.9 Å². The fourth-order valence-corrected chi connectivity index (χ4v) is 2.65. The van der Waals surface area contributed by atoms with Crippen LogP contribution in [0.2, 0.25) is 0 Å². The lowest BCUT2D eigenvalue weighted by molar-refractivity contribution is -0.138. The second kappa shape index (κ2) is 8.87. The third-order valence-electron chi connectivity index (χ3n) is 4.06. The van der Waals surface area contributed by atoms with E-state index in [4.69, 9.17) is 5.11 Å². The molecule has 1 aliphatic heterocycles. The number of aliphatic carboxylic acids is 1. The number of urea groups is 1. The number of carbonyl (C=O) groups is 2. The Morgan fingerprint density at radius 1 is 1.19 bits per heavy atom. The molecule has 0 aromatic heterocycles. The number of amides is 2. The van der Waals surface area contributed by atoms with Crippen molar-refractivity contribution in [3.63, 3.8) is 0 Å². The van der Waals surface area contributed by atoms with Crippen molar-refractivity contribution in [2.45, 2.75) is 46.1 Å². The molecule has 6 heteroatoms. The number of rotatable bonds is 6. The molecule has 2 unspecified atom stereocenters. The van der Waals surface area contributed by atoms with Crippen LogP contribution >= 0.6 is 0 Å². The summed E-state index contributed by atoms with van der Waals surface area (Å²) in [7, 11) is 0. The first-order chi connectivity index (χ1) is 9.92. The predicted octanol–water partition coefficient (Wildman–Crippen LogP) is 1.61. The second-order valence-corrected chi connectivity index (χ2v) is 6.11. The van der Waals surface area contributed by atoms with Gasteiger partial charge in [0.25, 0.3) is 0 Å². The Morgan fingerprint density at radius 3 is 2.52 bits per heavy atom. The van der Waals surface area contributed by atoms with Crippen molar-refractivity contribution in [2.24, 2.45) is 5.92 Å². The van der Waals surface area contributed by atoms with Gasteiger partial charge in [0.1, 0.15) is 0 Å². The lowest BCUT2D eigenvalue weighted by Crippen LogP contribution is -2.45. The monoisotopic (exact) mass is 299 g/mol. The van der Waals surface area contributed by atoms with Crippen LogP contribution in [0.4, 0.5) is 4.79 Å². The van der Waals surface area contributed by atoms with Gasteiger partial charge >= 0.3 is 12.0 Å². The standard InChI is InChI=1S/C15H29N3O3/c1-4-12(2)10-13(3)16-15(21)18-7-5-6-17(8-9-18)11-14(19)20/h12-13H,4-11H2,1-3H3,(H,16,21)(H,19,20). The quantitative estimate of drug-likeness (QED) is 0.781. The van der Waals surface area contributed by atoms with Gasteiger partial charge in [-0.05, 0) is 25.7 Å². The minimum Gasteiger partial charge on any atom is -0.480 e. The molecule has 0 aliphatic carbocycles. The van der Waals surface area contributed by atoms with Crippen molar-refractivity contribution < 1.29 is 14.7 Å². The van der Waals surface area contributed by atoms with E-state index in [1.165, 1.54) is 0 Å². The van der Waals surface area contributed by atoms with Gasteiger partial charge in [0, 0.05) is 32.2 Å². The maximum Gasteiger partial charge on any atom is 0.317 e. The van der Waals surface area contributed by atoms with Gasteiger partial charge in [-0.15, -0.1) is 0 Å². The first kappa shape index (κ1) is 17.8. The van der Waals surface area contributed by atoms with Crippen LogP contribution in [0, 0.1) is 5.92 Å². The minimum absolute atomic E-state index is 0.0250. The lowest BCUT2D eigenvalue weighted by Gasteiger charge is -2.25. The lowest BCUT2D eigenvalue weighted by atomic mass is 10.0. The molecule has 1 aliphatic rings. The van der Waals surface area contributed by atoms with Gasteiger partial charge in [-0.1, -0.05) is 20.3 Å². The first-order valence-corrected chi connectivity index (χ1v) is 7.92. The SMILES string of the molecule is CCC(C)CC(C)NC(=O)N1CCCN(CC(=O)O)CC1. The van der Waals surface area contributed by atoms with E-state index in [9.17, 15) is 9.59 Å². The molecule has 1 fully saturated rings. The summed E-state index contributed by atoms with van der Waals surface area (Å²) in [6.45, 7) is 9.09. The van der Waals surface area contributed by atoms with Gasteiger partial charge in [-0.25, -0.2) is 4.79 Å². The zero-order valence-corrected chi connectivity index (χ0v) is 13.5. The van der Waals surface area contributed by atoms with Crippen LogP contribution in [0.25, 0.3) is 0 Å². The molecule has 2 N–H and O–H groups in total. The van der Waals surface area contributed by atoms with Crippen molar-refractivity contribution in [1.82, 2.24) is 15.1 Å². The number of nitrogens with zero attached hydrogens (tertiary/aromatic N) is 2. The average molecular weight is 299 g/mol. The molecule has 1 rings (SSSR count). The summed E-state index contributed by atoms with van der Waals surface area (Å²) in [5.41, 5.74) is 0. The van der Waals surface area contributed by atoms with Gasteiger partial charge in [-0.2, -0.15) is 0 Å². The number of carbonyl (C=O) groups excluding carboxylic acids is 1. The molecule has 0 bridgehead atoms. The van der Waals surface area contributed by atoms with Crippen LogP contribution in [0.5, 0.6) is 0 Å². The zero-order valence-electron chi connectivity index (χ0n) is 13.5. The third-order valence-corrected chi connectivity index (χ3v) is 4.06. The van der Waals surface area contributed by atoms with E-state index < -0.39 is 5.97 Å². The maximum atomic E-state index is 12.2. The Morgan fingerprint density at radius 2 is 1.90 bits per heavy atom. The predicted molar refractivity (Wildman–Crippen MR) is 82.3 cm³/mol. The molecule has 0 aromatic carbocycles. The fraction of sp³-hybridized carbons (Fsp3) is 0.867. The molecule has 0 radical (unpaired) electrons. The fourth-order valence-electron chi connectivity index (χ4n) is 2.65. The van der Waals surface area contributed by atoms with E-state index in [1.54, 1.807) is 4.90 Å². The molecule has 21 heavy (non-hydrogen) atoms. The van der Waals surface area contributed by atoms with E-state index in [1.807, 2.05) is 11.8 Å². The molecule has 1 saturated heterocycles. The van der Waals surface area contributed by atoms with Crippen LogP contribution in [0.3, 0.4) is 0 Å². The van der Waals surface area contributed by atoms with E-state index >= 15 is 0 Å². The summed E-state index contributed by atoms with van der Waals surface area (Å²) >= 11 is 0. The highest BCUT2D eigenvalue weighted by molar-refractivity contribution is 5.74. The van der Waals surface area contributed by atoms with Crippen molar-refractivity contribution in [3.05, 3.63) is 0 Å². The highest BCUT2D eigenvalue weighted by atomic mass is 16.4. The summed E-state index contributed by atoms with van der Waals surface area (Å²) in [5, 5.41) is 11.9. The zero-order chi connectivity index (χ0) is 15.8. The number of nitrogens with one attached hydrogen (secondary N) is 1. The van der Waals surface area contributed by atoms with Gasteiger partial charge in [0.2, 0.25) is 0 Å². The summed E-state index contributed by atoms with van der Waals surface area (Å²) in [6, 6.07) is 0.147. The van der Waals surface area contributed by atoms with Crippen LogP contribution in [-0.4, -0.2) is 65.7 Å².